The van der Waals surface area contributed by atoms with Crippen LogP contribution in [-0.2, 0) is 36.3 Å². The number of imide groups is 1. The topological polar surface area (TPSA) is 171 Å². The number of methoxy groups -OCH3 is 1. The number of nitrogens with zero attached hydrogens (tertiary/aromatic N) is 6. The smallest absolute Gasteiger partial charge is 0.362 e. The molecule has 3 N–H and O–H groups in total. The molecule has 0 spiro atoms. The maximum Gasteiger partial charge on any atom is 0.362 e. The summed E-state index contributed by atoms with van der Waals surface area (Å²) in [7, 11) is 0.694. The number of amides is 3. The lowest BCUT2D eigenvalue weighted by Crippen LogP contribution is -2.53. The zero-order valence-electron chi connectivity index (χ0n) is 34.2. The van der Waals surface area contributed by atoms with Gasteiger partial charge < -0.3 is 34.2 Å². The number of nitrogens with one attached hydrogen (secondary N) is 3. The van der Waals surface area contributed by atoms with Crippen LogP contribution in [0.1, 0.15) is 47.2 Å². The second-order valence-electron chi connectivity index (χ2n) is 15.4. The number of aromatic nitrogens is 2. The Kier molecular flexibility index (Phi) is 12.6. The third kappa shape index (κ3) is 8.94. The highest BCUT2D eigenvalue weighted by Gasteiger charge is 2.41. The van der Waals surface area contributed by atoms with Crippen molar-refractivity contribution in [1.82, 2.24) is 30.0 Å². The van der Waals surface area contributed by atoms with Gasteiger partial charge in [0.2, 0.25) is 17.8 Å². The van der Waals surface area contributed by atoms with E-state index < -0.39 is 31.3 Å². The molecule has 61 heavy (non-hydrogen) atoms. The molecule has 19 heteroatoms. The molecule has 8 rings (SSSR count). The SMILES string of the molecule is COc1cc(N2CCC(N3CCN(Cc4cc(F)c5c(c4)CN(C4CCC(=O)NC4=O)C5=O)CC3)CC2)ccc1Nc1ncc(Cl)c(Nc2ccccc2P(=O)(OC)OC)n1. The van der Waals surface area contributed by atoms with Crippen LogP contribution in [0, 0.1) is 5.82 Å². The van der Waals surface area contributed by atoms with Crippen LogP contribution in [0.5, 0.6) is 5.75 Å². The van der Waals surface area contributed by atoms with E-state index in [4.69, 9.17) is 25.4 Å². The lowest BCUT2D eigenvalue weighted by atomic mass is 10.0. The number of piperazine rings is 1. The number of hydrogen-bond acceptors (Lipinski definition) is 14. The molecule has 1 atom stereocenters. The van der Waals surface area contributed by atoms with Crippen molar-refractivity contribution in [3.63, 3.8) is 0 Å². The summed E-state index contributed by atoms with van der Waals surface area (Å²) >= 11 is 6.48. The fourth-order valence-corrected chi connectivity index (χ4v) is 10.1. The van der Waals surface area contributed by atoms with Crippen LogP contribution in [0.3, 0.4) is 0 Å². The molecule has 3 amide bonds. The van der Waals surface area contributed by atoms with Crippen LogP contribution in [0.4, 0.5) is 33.2 Å². The summed E-state index contributed by atoms with van der Waals surface area (Å²) in [5.74, 6) is -0.746. The molecule has 4 aromatic rings. The molecule has 1 aromatic heterocycles. The second kappa shape index (κ2) is 18.1. The van der Waals surface area contributed by atoms with Crippen molar-refractivity contribution in [3.8, 4) is 5.75 Å². The standard InChI is InChI=1S/C42H48ClFN9O7P/c1-58-35-22-29(8-9-32(35)47-42-45-23-30(43)39(49-42)46-33-6-4-5-7-36(33)61(57,59-2)60-3)51-14-12-28(13-15-51)52-18-16-50(17-19-52)24-26-20-27-25-53(41(56)38(27)31(44)21-26)34-10-11-37(54)48-40(34)55/h4-9,20-23,28,34H,10-19,24-25H2,1-3H3,(H,48,54,55)(H2,45,46,47,49). The molecule has 16 nitrogen and oxygen atoms in total. The number of carbonyl (C=O) groups excluding carboxylic acids is 3. The minimum absolute atomic E-state index is 0.0240. The maximum absolute atomic E-state index is 15.3. The molecular formula is C42H48ClFN9O7P. The van der Waals surface area contributed by atoms with Crippen molar-refractivity contribution in [2.24, 2.45) is 0 Å². The summed E-state index contributed by atoms with van der Waals surface area (Å²) in [5, 5.41) is 9.27. The first-order valence-electron chi connectivity index (χ1n) is 20.2. The third-order valence-electron chi connectivity index (χ3n) is 11.9. The summed E-state index contributed by atoms with van der Waals surface area (Å²) in [6.07, 6.45) is 3.88. The first kappa shape index (κ1) is 42.5. The number of halogens is 2. The monoisotopic (exact) mass is 875 g/mol. The minimum atomic E-state index is -3.57. The van der Waals surface area contributed by atoms with Crippen molar-refractivity contribution in [1.29, 1.82) is 0 Å². The van der Waals surface area contributed by atoms with Crippen LogP contribution in [0.15, 0.2) is 60.8 Å². The average Bonchev–Trinajstić information content (AvgIpc) is 3.60. The highest BCUT2D eigenvalue weighted by Crippen LogP contribution is 2.47. The van der Waals surface area contributed by atoms with Gasteiger partial charge >= 0.3 is 7.60 Å². The van der Waals surface area contributed by atoms with E-state index in [2.05, 4.69) is 40.6 Å². The maximum atomic E-state index is 15.3. The summed E-state index contributed by atoms with van der Waals surface area (Å²) in [5.41, 5.74) is 3.59. The van der Waals surface area contributed by atoms with Gasteiger partial charge in [-0.15, -0.1) is 0 Å². The Balaban J connectivity index is 0.838. The van der Waals surface area contributed by atoms with E-state index in [0.717, 1.165) is 63.4 Å². The Morgan fingerprint density at radius 1 is 0.918 bits per heavy atom. The van der Waals surface area contributed by atoms with Gasteiger partial charge in [-0.05, 0) is 60.7 Å². The fraction of sp³-hybridized carbons (Fsp3) is 0.405. The number of para-hydroxylation sites is 1. The van der Waals surface area contributed by atoms with Gasteiger partial charge in [0.25, 0.3) is 5.91 Å². The van der Waals surface area contributed by atoms with Crippen molar-refractivity contribution in [2.75, 3.05) is 76.1 Å². The van der Waals surface area contributed by atoms with E-state index in [0.29, 0.717) is 46.4 Å². The number of ether oxygens (including phenoxy) is 1. The van der Waals surface area contributed by atoms with E-state index in [9.17, 15) is 18.9 Å². The Labute approximate surface area is 358 Å². The van der Waals surface area contributed by atoms with Crippen LogP contribution in [0.25, 0.3) is 0 Å². The molecule has 4 aliphatic heterocycles. The summed E-state index contributed by atoms with van der Waals surface area (Å²) in [4.78, 5) is 54.8. The van der Waals surface area contributed by atoms with Crippen molar-refractivity contribution in [3.05, 3.63) is 88.3 Å². The number of anilines is 5. The van der Waals surface area contributed by atoms with Crippen LogP contribution >= 0.6 is 19.2 Å². The van der Waals surface area contributed by atoms with Crippen LogP contribution in [-0.4, -0.2) is 115 Å². The summed E-state index contributed by atoms with van der Waals surface area (Å²) in [6.45, 7) is 6.00. The number of hydrogen-bond donors (Lipinski definition) is 3. The molecule has 0 bridgehead atoms. The van der Waals surface area contributed by atoms with Gasteiger partial charge in [0.15, 0.2) is 5.82 Å². The predicted octanol–water partition coefficient (Wildman–Crippen LogP) is 5.42. The zero-order chi connectivity index (χ0) is 42.8. The third-order valence-corrected chi connectivity index (χ3v) is 14.1. The molecular weight excluding hydrogens is 828 g/mol. The van der Waals surface area contributed by atoms with E-state index in [1.807, 2.05) is 24.3 Å². The molecule has 5 heterocycles. The second-order valence-corrected chi connectivity index (χ2v) is 18.1. The van der Waals surface area contributed by atoms with Crippen molar-refractivity contribution >= 4 is 71.1 Å². The highest BCUT2D eigenvalue weighted by molar-refractivity contribution is 7.62. The van der Waals surface area contributed by atoms with Gasteiger partial charge in [0.1, 0.15) is 22.6 Å². The lowest BCUT2D eigenvalue weighted by Gasteiger charge is -2.43. The van der Waals surface area contributed by atoms with Gasteiger partial charge in [-0.25, -0.2) is 9.37 Å². The largest absolute Gasteiger partial charge is 0.494 e. The van der Waals surface area contributed by atoms with Crippen molar-refractivity contribution in [2.45, 2.75) is 50.9 Å². The van der Waals surface area contributed by atoms with Gasteiger partial charge in [0.05, 0.1) is 35.5 Å². The van der Waals surface area contributed by atoms with E-state index >= 15 is 4.39 Å². The number of carbonyl (C=O) groups is 3. The quantitative estimate of drug-likeness (QED) is 0.115. The predicted molar refractivity (Wildman–Crippen MR) is 229 cm³/mol. The molecule has 1 unspecified atom stereocenters. The first-order valence-corrected chi connectivity index (χ1v) is 22.1. The van der Waals surface area contributed by atoms with Gasteiger partial charge in [0, 0.05) is 90.8 Å². The Bertz CT molecular complexity index is 2370. The Morgan fingerprint density at radius 2 is 1.67 bits per heavy atom. The number of benzene rings is 3. The molecule has 0 aliphatic carbocycles. The Morgan fingerprint density at radius 3 is 2.39 bits per heavy atom. The highest BCUT2D eigenvalue weighted by atomic mass is 35.5. The van der Waals surface area contributed by atoms with Crippen LogP contribution in [0.2, 0.25) is 5.02 Å². The number of fused-ring (bicyclic) bond motifs is 1. The minimum Gasteiger partial charge on any atom is -0.494 e. The fourth-order valence-electron chi connectivity index (χ4n) is 8.68. The first-order chi connectivity index (χ1) is 29.5. The molecule has 322 valence electrons. The number of rotatable bonds is 13. The zero-order valence-corrected chi connectivity index (χ0v) is 35.8. The molecule has 3 saturated heterocycles. The van der Waals surface area contributed by atoms with E-state index in [-0.39, 0.29) is 41.8 Å². The summed E-state index contributed by atoms with van der Waals surface area (Å²) < 4.78 is 44.8. The van der Waals surface area contributed by atoms with Crippen LogP contribution < -0.4 is 30.9 Å². The molecule has 3 aromatic carbocycles. The molecule has 0 radical (unpaired) electrons. The normalized spacial score (nSPS) is 19.2. The van der Waals surface area contributed by atoms with Gasteiger partial charge in [-0.1, -0.05) is 29.8 Å². The van der Waals surface area contributed by atoms with Gasteiger partial charge in [-0.3, -0.25) is 34.1 Å². The molecule has 4 aliphatic rings. The van der Waals surface area contributed by atoms with Gasteiger partial charge in [-0.2, -0.15) is 4.98 Å². The van der Waals surface area contributed by atoms with E-state index in [1.165, 1.54) is 31.4 Å². The average molecular weight is 876 g/mol. The number of piperidine rings is 2. The summed E-state index contributed by atoms with van der Waals surface area (Å²) in [6, 6.07) is 15.9. The van der Waals surface area contributed by atoms with E-state index in [1.54, 1.807) is 31.4 Å². The van der Waals surface area contributed by atoms with Crippen molar-refractivity contribution < 1.29 is 37.1 Å². The Hall–Kier alpha value is -5.16. The molecule has 0 saturated carbocycles. The molecule has 3 fully saturated rings. The lowest BCUT2D eigenvalue weighted by molar-refractivity contribution is -0.136.